The van der Waals surface area contributed by atoms with Crippen LogP contribution >= 0.6 is 0 Å². The molecule has 0 aliphatic carbocycles. The van der Waals surface area contributed by atoms with Crippen molar-refractivity contribution in [2.24, 2.45) is 23.7 Å². The molecule has 2 aromatic rings. The average molecular weight is 828 g/mol. The van der Waals surface area contributed by atoms with E-state index in [2.05, 4.69) is 15.6 Å². The van der Waals surface area contributed by atoms with E-state index < -0.39 is 89.8 Å². The fourth-order valence-corrected chi connectivity index (χ4v) is 8.82. The van der Waals surface area contributed by atoms with Crippen LogP contribution in [0.4, 0.5) is 4.79 Å². The van der Waals surface area contributed by atoms with Crippen LogP contribution in [-0.4, -0.2) is 135 Å². The number of carbonyl (C=O) groups is 4. The lowest BCUT2D eigenvalue weighted by atomic mass is 9.73. The Kier molecular flexibility index (Phi) is 14.9. The number of aliphatic hydroxyl groups excluding tert-OH is 2. The molecule has 14 atom stereocenters. The van der Waals surface area contributed by atoms with E-state index in [1.165, 1.54) is 6.92 Å². The lowest BCUT2D eigenvalue weighted by Crippen LogP contribution is -2.60. The Bertz CT molecular complexity index is 1790. The molecule has 5 rings (SSSR count). The maximum absolute atomic E-state index is 14.4. The third kappa shape index (κ3) is 10.3. The number of esters is 1. The summed E-state index contributed by atoms with van der Waals surface area (Å²) in [7, 11) is 3.64. The summed E-state index contributed by atoms with van der Waals surface area (Å²) in [5.74, 6) is -5.90. The molecular formula is C42H61N5O12. The first-order valence-corrected chi connectivity index (χ1v) is 20.3. The number of ether oxygens (including phenoxy) is 6. The molecule has 3 aliphatic rings. The van der Waals surface area contributed by atoms with E-state index in [4.69, 9.17) is 28.4 Å². The van der Waals surface area contributed by atoms with E-state index in [-0.39, 0.29) is 37.4 Å². The molecule has 4 heterocycles. The van der Waals surface area contributed by atoms with E-state index >= 15 is 0 Å². The van der Waals surface area contributed by atoms with Crippen LogP contribution in [0.2, 0.25) is 0 Å². The van der Waals surface area contributed by atoms with Crippen molar-refractivity contribution in [2.75, 3.05) is 20.7 Å². The minimum Gasteiger partial charge on any atom is -0.459 e. The fourth-order valence-electron chi connectivity index (χ4n) is 8.82. The molecule has 0 spiro atoms. The number of fused-ring (bicyclic) bond motifs is 1. The maximum Gasteiger partial charge on any atom is 0.509 e. The number of benzene rings is 1. The summed E-state index contributed by atoms with van der Waals surface area (Å²) in [5.41, 5.74) is -1.50. The molecule has 1 aromatic heterocycles. The zero-order valence-corrected chi connectivity index (χ0v) is 35.6. The topological polar surface area (TPSA) is 210 Å². The van der Waals surface area contributed by atoms with Gasteiger partial charge in [0.1, 0.15) is 47.8 Å². The number of Topliss-reactive ketones (excluding diaryl/α,β-unsaturated/α-hetero) is 2. The highest BCUT2D eigenvalue weighted by Crippen LogP contribution is 2.41. The second kappa shape index (κ2) is 19.1. The monoisotopic (exact) mass is 827 g/mol. The Hall–Kier alpha value is -4.10. The quantitative estimate of drug-likeness (QED) is 0.244. The Morgan fingerprint density at radius 3 is 2.37 bits per heavy atom. The number of nitrogens with one attached hydrogen (secondary N) is 1. The lowest BCUT2D eigenvalue weighted by Gasteiger charge is -2.46. The molecule has 3 saturated heterocycles. The highest BCUT2D eigenvalue weighted by Gasteiger charge is 2.57. The average Bonchev–Trinajstić information content (AvgIpc) is 3.84. The predicted molar refractivity (Wildman–Crippen MR) is 212 cm³/mol. The molecule has 0 saturated carbocycles. The van der Waals surface area contributed by atoms with Crippen LogP contribution in [0.3, 0.4) is 0 Å². The largest absolute Gasteiger partial charge is 0.509 e. The molecule has 3 N–H and O–H groups in total. The van der Waals surface area contributed by atoms with Crippen molar-refractivity contribution in [3.8, 4) is 5.69 Å². The minimum absolute atomic E-state index is 0.167. The summed E-state index contributed by atoms with van der Waals surface area (Å²) in [6, 6.07) is 6.24. The van der Waals surface area contributed by atoms with Crippen LogP contribution in [-0.2, 0) is 42.8 Å². The number of likely N-dealkylation sites (N-methyl/N-ethyl adjacent to an activating group) is 1. The normalized spacial score (nSPS) is 37.5. The molecular weight excluding hydrogens is 766 g/mol. The van der Waals surface area contributed by atoms with Crippen molar-refractivity contribution in [1.82, 2.24) is 25.2 Å². The summed E-state index contributed by atoms with van der Waals surface area (Å²) in [4.78, 5) is 58.2. The van der Waals surface area contributed by atoms with E-state index in [9.17, 15) is 29.4 Å². The number of aliphatic hydroxyl groups is 2. The zero-order chi connectivity index (χ0) is 43.4. The second-order valence-electron chi connectivity index (χ2n) is 16.8. The van der Waals surface area contributed by atoms with E-state index in [1.807, 2.05) is 50.2 Å². The summed E-state index contributed by atoms with van der Waals surface area (Å²) in [6.07, 6.45) is -0.448. The maximum atomic E-state index is 14.4. The summed E-state index contributed by atoms with van der Waals surface area (Å²) >= 11 is 0. The first kappa shape index (κ1) is 46.0. The van der Waals surface area contributed by atoms with Crippen LogP contribution < -0.4 is 5.32 Å². The van der Waals surface area contributed by atoms with Gasteiger partial charge in [0.25, 0.3) is 0 Å². The number of hydrogen-bond acceptors (Lipinski definition) is 16. The molecule has 0 radical (unpaired) electrons. The Morgan fingerprint density at radius 2 is 1.75 bits per heavy atom. The molecule has 0 amide bonds. The third-order valence-corrected chi connectivity index (χ3v) is 12.1. The summed E-state index contributed by atoms with van der Waals surface area (Å²) in [6.45, 7) is 13.0. The van der Waals surface area contributed by atoms with Crippen LogP contribution in [0.1, 0.15) is 80.2 Å². The SMILES string of the molecule is CC[C@H]1OC(=O)[C@H](C)C(=O)[C@H](C)[C@@H](O[C@@H]2O[C@H](C)C[C@H](N(C)C)[C@H]2O)[C@](C)(OC(=O)OC/C=C/c2ccc(-n3ccnn3)cc2)C[C@@H](C)C(=O)[C@H](C)[C@H]2NC(O)O[C@@]21C. The molecule has 3 aliphatic heterocycles. The highest BCUT2D eigenvalue weighted by molar-refractivity contribution is 6.00. The first-order chi connectivity index (χ1) is 27.8. The van der Waals surface area contributed by atoms with Gasteiger partial charge < -0.3 is 43.5 Å². The van der Waals surface area contributed by atoms with Gasteiger partial charge >= 0.3 is 12.1 Å². The molecule has 1 aromatic carbocycles. The first-order valence-electron chi connectivity index (χ1n) is 20.3. The van der Waals surface area contributed by atoms with Gasteiger partial charge in [-0.25, -0.2) is 9.48 Å². The van der Waals surface area contributed by atoms with E-state index in [0.29, 0.717) is 6.42 Å². The molecule has 59 heavy (non-hydrogen) atoms. The van der Waals surface area contributed by atoms with Crippen molar-refractivity contribution < 1.29 is 57.8 Å². The van der Waals surface area contributed by atoms with Crippen LogP contribution in [0, 0.1) is 23.7 Å². The molecule has 0 bridgehead atoms. The molecule has 326 valence electrons. The van der Waals surface area contributed by atoms with Gasteiger partial charge in [-0.05, 0) is 84.8 Å². The number of carbonyl (C=O) groups excluding carboxylic acids is 4. The molecule has 3 fully saturated rings. The summed E-state index contributed by atoms with van der Waals surface area (Å²) < 4.78 is 37.9. The fraction of sp³-hybridized carbons (Fsp3) is 0.667. The third-order valence-electron chi connectivity index (χ3n) is 12.1. The van der Waals surface area contributed by atoms with Crippen molar-refractivity contribution >= 4 is 29.8 Å². The smallest absolute Gasteiger partial charge is 0.459 e. The number of ketones is 2. The van der Waals surface area contributed by atoms with E-state index in [0.717, 1.165) is 11.3 Å². The number of hydrogen-bond donors (Lipinski definition) is 3. The Balaban J connectivity index is 1.48. The van der Waals surface area contributed by atoms with Crippen LogP contribution in [0.15, 0.2) is 42.7 Å². The highest BCUT2D eigenvalue weighted by atomic mass is 16.8. The number of nitrogens with zero attached hydrogens (tertiary/aromatic N) is 4. The Labute approximate surface area is 345 Å². The van der Waals surface area contributed by atoms with Gasteiger partial charge in [0.15, 0.2) is 12.1 Å². The van der Waals surface area contributed by atoms with Crippen LogP contribution in [0.5, 0.6) is 0 Å². The van der Waals surface area contributed by atoms with Crippen molar-refractivity contribution in [3.05, 3.63) is 48.3 Å². The number of aromatic nitrogens is 3. The van der Waals surface area contributed by atoms with Gasteiger partial charge in [0.2, 0.25) is 6.41 Å². The van der Waals surface area contributed by atoms with Crippen molar-refractivity contribution in [1.29, 1.82) is 0 Å². The minimum atomic E-state index is -1.79. The lowest BCUT2D eigenvalue weighted by molar-refractivity contribution is -0.293. The van der Waals surface area contributed by atoms with E-state index in [1.54, 1.807) is 70.8 Å². The number of rotatable bonds is 9. The number of cyclic esters (lactones) is 1. The summed E-state index contributed by atoms with van der Waals surface area (Å²) in [5, 5.41) is 32.9. The second-order valence-corrected chi connectivity index (χ2v) is 16.8. The van der Waals surface area contributed by atoms with Gasteiger partial charge in [0, 0.05) is 23.8 Å². The van der Waals surface area contributed by atoms with Gasteiger partial charge in [0.05, 0.1) is 30.2 Å². The molecule has 17 heteroatoms. The van der Waals surface area contributed by atoms with Gasteiger partial charge in [-0.1, -0.05) is 51.1 Å². The molecule has 17 nitrogen and oxygen atoms in total. The van der Waals surface area contributed by atoms with Gasteiger partial charge in [-0.15, -0.1) is 5.10 Å². The van der Waals surface area contributed by atoms with Crippen molar-refractivity contribution in [3.63, 3.8) is 0 Å². The van der Waals surface area contributed by atoms with Crippen molar-refractivity contribution in [2.45, 2.75) is 135 Å². The zero-order valence-electron chi connectivity index (χ0n) is 35.6. The van der Waals surface area contributed by atoms with Crippen LogP contribution in [0.25, 0.3) is 11.8 Å². The van der Waals surface area contributed by atoms with Gasteiger partial charge in [-0.2, -0.15) is 0 Å². The molecule has 1 unspecified atom stereocenters. The van der Waals surface area contributed by atoms with Gasteiger partial charge in [-0.3, -0.25) is 19.7 Å². The predicted octanol–water partition coefficient (Wildman–Crippen LogP) is 3.43. The Morgan fingerprint density at radius 1 is 1.05 bits per heavy atom. The standard InChI is InChI=1S/C42H61N5O12/c1-11-31-42(8)35(44-39(52)58-42)25(4)32(48)23(2)22-41(7,59-40(53)54-20-12-13-28-14-16-29(17-15-28)47-19-18-43-45-47)36(26(5)33(49)27(6)37(51)56-31)57-38-34(50)30(46(9)10)21-24(3)55-38/h12-19,23-27,30-31,34-36,38-39,44,50,52H,11,20-22H2,1-10H3/b13-12+/t23-,24-,25+,26+,27-,30+,31-,34-,35-,36-,38+,39?,41-,42-/m1/s1.